The van der Waals surface area contributed by atoms with Crippen LogP contribution in [0.15, 0.2) is 0 Å². The van der Waals surface area contributed by atoms with Crippen LogP contribution in [0, 0.1) is 5.92 Å². The summed E-state index contributed by atoms with van der Waals surface area (Å²) in [7, 11) is 1.74. The van der Waals surface area contributed by atoms with E-state index < -0.39 is 0 Å². The highest BCUT2D eigenvalue weighted by Crippen LogP contribution is 2.19. The fourth-order valence-electron chi connectivity index (χ4n) is 2.05. The minimum absolute atomic E-state index is 0.296. The lowest BCUT2D eigenvalue weighted by molar-refractivity contribution is 0.0979. The van der Waals surface area contributed by atoms with Crippen LogP contribution in [0.4, 0.5) is 0 Å². The second-order valence-electron chi connectivity index (χ2n) is 4.63. The Morgan fingerprint density at radius 2 is 2.27 bits per heavy atom. The Balaban J connectivity index is 2.08. The van der Waals surface area contributed by atoms with E-state index in [-0.39, 0.29) is 0 Å². The summed E-state index contributed by atoms with van der Waals surface area (Å²) in [6, 6.07) is 0.296. The van der Waals surface area contributed by atoms with Gasteiger partial charge in [0, 0.05) is 26.4 Å². The molecule has 1 aliphatic heterocycles. The summed E-state index contributed by atoms with van der Waals surface area (Å²) in [5, 5.41) is 0. The van der Waals surface area contributed by atoms with Crippen molar-refractivity contribution >= 4 is 0 Å². The molecule has 0 aromatic carbocycles. The topological polar surface area (TPSA) is 44.5 Å². The number of methoxy groups -OCH3 is 1. The zero-order valence-corrected chi connectivity index (χ0v) is 10.1. The summed E-state index contributed by atoms with van der Waals surface area (Å²) in [5.74, 6) is 0.548. The van der Waals surface area contributed by atoms with Crippen LogP contribution in [-0.2, 0) is 9.47 Å². The van der Waals surface area contributed by atoms with Gasteiger partial charge >= 0.3 is 0 Å². The SMILES string of the molecule is COCCC(C)C(N)CCC1CCCO1. The standard InChI is InChI=1S/C12H25NO2/c1-10(7-9-14-2)12(13)6-5-11-4-3-8-15-11/h10-12H,3-9,13H2,1-2H3. The Morgan fingerprint density at radius 1 is 1.47 bits per heavy atom. The molecule has 3 atom stereocenters. The summed E-state index contributed by atoms with van der Waals surface area (Å²) in [6.07, 6.45) is 6.18. The maximum absolute atomic E-state index is 6.12. The van der Waals surface area contributed by atoms with Gasteiger partial charge in [-0.2, -0.15) is 0 Å². The predicted molar refractivity (Wildman–Crippen MR) is 61.8 cm³/mol. The molecule has 0 amide bonds. The molecule has 1 fully saturated rings. The van der Waals surface area contributed by atoms with Crippen molar-refractivity contribution in [3.05, 3.63) is 0 Å². The Bertz CT molecular complexity index is 158. The summed E-state index contributed by atoms with van der Waals surface area (Å²) >= 11 is 0. The molecular weight excluding hydrogens is 190 g/mol. The van der Waals surface area contributed by atoms with Gasteiger partial charge in [0.15, 0.2) is 0 Å². The average Bonchev–Trinajstić information content (AvgIpc) is 2.75. The molecule has 1 heterocycles. The van der Waals surface area contributed by atoms with Crippen molar-refractivity contribution in [3.63, 3.8) is 0 Å². The largest absolute Gasteiger partial charge is 0.385 e. The smallest absolute Gasteiger partial charge is 0.0576 e. The van der Waals surface area contributed by atoms with Gasteiger partial charge in [-0.15, -0.1) is 0 Å². The molecule has 1 aliphatic rings. The van der Waals surface area contributed by atoms with Crippen molar-refractivity contribution in [1.82, 2.24) is 0 Å². The fourth-order valence-corrected chi connectivity index (χ4v) is 2.05. The molecule has 3 unspecified atom stereocenters. The van der Waals surface area contributed by atoms with Gasteiger partial charge in [0.2, 0.25) is 0 Å². The third kappa shape index (κ3) is 4.96. The summed E-state index contributed by atoms with van der Waals surface area (Å²) in [5.41, 5.74) is 6.12. The molecule has 3 nitrogen and oxygen atoms in total. The molecular formula is C12H25NO2. The van der Waals surface area contributed by atoms with Crippen LogP contribution in [0.25, 0.3) is 0 Å². The van der Waals surface area contributed by atoms with Crippen LogP contribution in [0.2, 0.25) is 0 Å². The Kier molecular flexibility index (Phi) is 6.22. The molecule has 90 valence electrons. The van der Waals surface area contributed by atoms with Crippen LogP contribution in [-0.4, -0.2) is 32.5 Å². The van der Waals surface area contributed by atoms with Crippen LogP contribution < -0.4 is 5.73 Å². The number of ether oxygens (including phenoxy) is 2. The minimum Gasteiger partial charge on any atom is -0.385 e. The quantitative estimate of drug-likeness (QED) is 0.706. The predicted octanol–water partition coefficient (Wildman–Crippen LogP) is 1.95. The van der Waals surface area contributed by atoms with E-state index in [4.69, 9.17) is 15.2 Å². The molecule has 0 aromatic rings. The molecule has 3 heteroatoms. The highest BCUT2D eigenvalue weighted by Gasteiger charge is 2.18. The molecule has 0 radical (unpaired) electrons. The summed E-state index contributed by atoms with van der Waals surface area (Å²) < 4.78 is 10.6. The first-order valence-electron chi connectivity index (χ1n) is 6.10. The summed E-state index contributed by atoms with van der Waals surface area (Å²) in [4.78, 5) is 0. The Hall–Kier alpha value is -0.120. The monoisotopic (exact) mass is 215 g/mol. The van der Waals surface area contributed by atoms with Gasteiger partial charge in [-0.25, -0.2) is 0 Å². The van der Waals surface area contributed by atoms with Gasteiger partial charge in [-0.05, 0) is 38.0 Å². The Labute approximate surface area is 93.3 Å². The maximum atomic E-state index is 6.12. The van der Waals surface area contributed by atoms with E-state index >= 15 is 0 Å². The minimum atomic E-state index is 0.296. The lowest BCUT2D eigenvalue weighted by Gasteiger charge is -2.20. The van der Waals surface area contributed by atoms with E-state index in [9.17, 15) is 0 Å². The van der Waals surface area contributed by atoms with E-state index in [1.54, 1.807) is 7.11 Å². The molecule has 0 aliphatic carbocycles. The lowest BCUT2D eigenvalue weighted by Crippen LogP contribution is -2.30. The molecule has 1 rings (SSSR count). The second kappa shape index (κ2) is 7.20. The van der Waals surface area contributed by atoms with Crippen LogP contribution in [0.3, 0.4) is 0 Å². The number of hydrogen-bond donors (Lipinski definition) is 1. The van der Waals surface area contributed by atoms with Crippen molar-refractivity contribution in [2.45, 2.75) is 51.2 Å². The lowest BCUT2D eigenvalue weighted by atomic mass is 9.94. The normalized spacial score (nSPS) is 25.4. The number of rotatable bonds is 7. The highest BCUT2D eigenvalue weighted by atomic mass is 16.5. The van der Waals surface area contributed by atoms with E-state index in [2.05, 4.69) is 6.92 Å². The van der Waals surface area contributed by atoms with Gasteiger partial charge < -0.3 is 15.2 Å². The maximum Gasteiger partial charge on any atom is 0.0576 e. The van der Waals surface area contributed by atoms with Gasteiger partial charge in [0.05, 0.1) is 6.10 Å². The van der Waals surface area contributed by atoms with Gasteiger partial charge in [0.25, 0.3) is 0 Å². The first-order chi connectivity index (χ1) is 7.24. The third-order valence-electron chi connectivity index (χ3n) is 3.35. The molecule has 0 aromatic heterocycles. The van der Waals surface area contributed by atoms with Gasteiger partial charge in [-0.1, -0.05) is 6.92 Å². The average molecular weight is 215 g/mol. The third-order valence-corrected chi connectivity index (χ3v) is 3.35. The first kappa shape index (κ1) is 12.9. The second-order valence-corrected chi connectivity index (χ2v) is 4.63. The molecule has 0 bridgehead atoms. The number of nitrogens with two attached hydrogens (primary N) is 1. The highest BCUT2D eigenvalue weighted by molar-refractivity contribution is 4.73. The van der Waals surface area contributed by atoms with Gasteiger partial charge in [0.1, 0.15) is 0 Å². The van der Waals surface area contributed by atoms with E-state index in [1.165, 1.54) is 12.8 Å². The van der Waals surface area contributed by atoms with E-state index in [0.29, 0.717) is 18.1 Å². The zero-order chi connectivity index (χ0) is 11.1. The van der Waals surface area contributed by atoms with Crippen molar-refractivity contribution in [2.75, 3.05) is 20.3 Å². The van der Waals surface area contributed by atoms with Crippen LogP contribution >= 0.6 is 0 Å². The van der Waals surface area contributed by atoms with E-state index in [1.807, 2.05) is 0 Å². The van der Waals surface area contributed by atoms with Crippen molar-refractivity contribution in [3.8, 4) is 0 Å². The van der Waals surface area contributed by atoms with Crippen molar-refractivity contribution < 1.29 is 9.47 Å². The van der Waals surface area contributed by atoms with Crippen LogP contribution in [0.1, 0.15) is 39.0 Å². The molecule has 1 saturated heterocycles. The molecule has 15 heavy (non-hydrogen) atoms. The van der Waals surface area contributed by atoms with Crippen molar-refractivity contribution in [2.24, 2.45) is 11.7 Å². The number of hydrogen-bond acceptors (Lipinski definition) is 3. The van der Waals surface area contributed by atoms with E-state index in [0.717, 1.165) is 32.5 Å². The van der Waals surface area contributed by atoms with Crippen LogP contribution in [0.5, 0.6) is 0 Å². The fraction of sp³-hybridized carbons (Fsp3) is 1.00. The Morgan fingerprint density at radius 3 is 2.87 bits per heavy atom. The zero-order valence-electron chi connectivity index (χ0n) is 10.1. The molecule has 0 spiro atoms. The molecule has 0 saturated carbocycles. The van der Waals surface area contributed by atoms with Crippen molar-refractivity contribution in [1.29, 1.82) is 0 Å². The summed E-state index contributed by atoms with van der Waals surface area (Å²) in [6.45, 7) is 3.97. The van der Waals surface area contributed by atoms with Gasteiger partial charge in [-0.3, -0.25) is 0 Å². The molecule has 2 N–H and O–H groups in total. The first-order valence-corrected chi connectivity index (χ1v) is 6.10.